The molecule has 1 aromatic carbocycles. The van der Waals surface area contributed by atoms with E-state index in [0.717, 1.165) is 12.1 Å². The minimum atomic E-state index is -4.69. The number of anilines is 1. The number of nitrogen functional groups attached to an aromatic ring is 1. The predicted molar refractivity (Wildman–Crippen MR) is 95.1 cm³/mol. The first-order chi connectivity index (χ1) is 13.1. The summed E-state index contributed by atoms with van der Waals surface area (Å²) < 4.78 is 63.8. The van der Waals surface area contributed by atoms with Crippen LogP contribution in [0.25, 0.3) is 16.7 Å². The van der Waals surface area contributed by atoms with E-state index in [9.17, 15) is 22.5 Å². The fourth-order valence-corrected chi connectivity index (χ4v) is 4.42. The van der Waals surface area contributed by atoms with E-state index in [1.807, 2.05) is 0 Å². The number of fused-ring (bicyclic) bond motifs is 3. The number of rotatable bonds is 6. The number of hydrogen-bond acceptors (Lipinski definition) is 7. The molecule has 152 valence electrons. The normalized spacial score (nSPS) is 12.9. The van der Waals surface area contributed by atoms with Crippen LogP contribution in [0.1, 0.15) is 25.2 Å². The van der Waals surface area contributed by atoms with Gasteiger partial charge in [-0.25, -0.2) is 0 Å². The molecule has 0 aliphatic rings. The number of aromatic amines is 1. The Morgan fingerprint density at radius 1 is 1.21 bits per heavy atom. The maximum atomic E-state index is 13.1. The number of nitrogens with two attached hydrogens (primary N) is 1. The first-order valence-corrected chi connectivity index (χ1v) is 9.97. The molecule has 0 radical (unpaired) electrons. The first kappa shape index (κ1) is 20.3. The molecule has 0 saturated heterocycles. The molecule has 0 aliphatic carbocycles. The molecule has 0 amide bonds. The molecule has 2 aromatic heterocycles. The molecule has 28 heavy (non-hydrogen) atoms. The standard InChI is InChI=1S/C15H17F3N5O4P/c1-3-26-28(25,27-4-2)7-12-21-22-13-14(24)20-10-5-8(15(16,17)18)9(19)6-11(10)23(12)13/h5-6H,3-4,7,19H2,1-2H3,(H,20,24). The summed E-state index contributed by atoms with van der Waals surface area (Å²) in [6.07, 6.45) is -5.02. The van der Waals surface area contributed by atoms with Crippen molar-refractivity contribution in [2.24, 2.45) is 0 Å². The molecule has 3 aromatic rings. The number of nitrogens with zero attached hydrogens (tertiary/aromatic N) is 3. The molecule has 9 nitrogen and oxygen atoms in total. The lowest BCUT2D eigenvalue weighted by Gasteiger charge is -2.16. The third kappa shape index (κ3) is 3.62. The zero-order chi connectivity index (χ0) is 20.7. The average molecular weight is 419 g/mol. The van der Waals surface area contributed by atoms with Crippen LogP contribution < -0.4 is 11.3 Å². The van der Waals surface area contributed by atoms with E-state index in [-0.39, 0.29) is 41.9 Å². The van der Waals surface area contributed by atoms with Crippen molar-refractivity contribution in [1.82, 2.24) is 19.6 Å². The van der Waals surface area contributed by atoms with E-state index in [1.165, 1.54) is 4.40 Å². The van der Waals surface area contributed by atoms with Crippen LogP contribution in [0, 0.1) is 0 Å². The van der Waals surface area contributed by atoms with Crippen molar-refractivity contribution in [3.63, 3.8) is 0 Å². The van der Waals surface area contributed by atoms with Crippen molar-refractivity contribution in [3.8, 4) is 0 Å². The Kier molecular flexibility index (Phi) is 5.22. The Labute approximate surface area is 156 Å². The van der Waals surface area contributed by atoms with Crippen molar-refractivity contribution in [1.29, 1.82) is 0 Å². The second-order valence-electron chi connectivity index (χ2n) is 5.79. The lowest BCUT2D eigenvalue weighted by Crippen LogP contribution is -2.15. The van der Waals surface area contributed by atoms with Crippen molar-refractivity contribution in [2.45, 2.75) is 26.2 Å². The van der Waals surface area contributed by atoms with Gasteiger partial charge < -0.3 is 19.8 Å². The first-order valence-electron chi connectivity index (χ1n) is 8.24. The van der Waals surface area contributed by atoms with Gasteiger partial charge in [0.1, 0.15) is 12.0 Å². The van der Waals surface area contributed by atoms with Crippen LogP contribution in [-0.2, 0) is 26.0 Å². The highest BCUT2D eigenvalue weighted by molar-refractivity contribution is 7.53. The number of nitrogens with one attached hydrogen (secondary N) is 1. The summed E-state index contributed by atoms with van der Waals surface area (Å²) in [5, 5.41) is 7.60. The summed E-state index contributed by atoms with van der Waals surface area (Å²) in [7, 11) is -3.60. The molecule has 0 aliphatic heterocycles. The Morgan fingerprint density at radius 3 is 2.43 bits per heavy atom. The van der Waals surface area contributed by atoms with Crippen LogP contribution >= 0.6 is 7.60 Å². The summed E-state index contributed by atoms with van der Waals surface area (Å²) in [5.41, 5.74) is 3.02. The summed E-state index contributed by atoms with van der Waals surface area (Å²) in [6.45, 7) is 3.48. The second kappa shape index (κ2) is 7.19. The Bertz CT molecular complexity index is 1130. The highest BCUT2D eigenvalue weighted by Crippen LogP contribution is 2.51. The van der Waals surface area contributed by atoms with E-state index in [1.54, 1.807) is 13.8 Å². The smallest absolute Gasteiger partial charge is 0.398 e. The quantitative estimate of drug-likeness (QED) is 0.465. The number of halogens is 3. The van der Waals surface area contributed by atoms with Gasteiger partial charge in [0.15, 0.2) is 0 Å². The maximum Gasteiger partial charge on any atom is 0.418 e. The number of hydrogen-bond donors (Lipinski definition) is 2. The molecule has 13 heteroatoms. The lowest BCUT2D eigenvalue weighted by atomic mass is 10.1. The molecule has 0 atom stereocenters. The third-order valence-corrected chi connectivity index (χ3v) is 5.86. The van der Waals surface area contributed by atoms with Crippen LogP contribution in [0.5, 0.6) is 0 Å². The summed E-state index contributed by atoms with van der Waals surface area (Å²) in [4.78, 5) is 14.6. The van der Waals surface area contributed by atoms with Gasteiger partial charge >= 0.3 is 13.8 Å². The molecule has 0 saturated carbocycles. The van der Waals surface area contributed by atoms with Crippen LogP contribution in [0.4, 0.5) is 18.9 Å². The Morgan fingerprint density at radius 2 is 1.86 bits per heavy atom. The molecular formula is C15H17F3N5O4P. The highest BCUT2D eigenvalue weighted by Gasteiger charge is 2.34. The summed E-state index contributed by atoms with van der Waals surface area (Å²) >= 11 is 0. The third-order valence-electron chi connectivity index (χ3n) is 3.88. The molecular weight excluding hydrogens is 402 g/mol. The van der Waals surface area contributed by atoms with E-state index in [2.05, 4.69) is 15.2 Å². The number of H-pyrrole nitrogens is 1. The topological polar surface area (TPSA) is 125 Å². The molecule has 3 rings (SSSR count). The van der Waals surface area contributed by atoms with Crippen LogP contribution in [0.15, 0.2) is 16.9 Å². The summed E-state index contributed by atoms with van der Waals surface area (Å²) in [5.74, 6) is 0.0375. The van der Waals surface area contributed by atoms with Gasteiger partial charge in [0, 0.05) is 5.69 Å². The monoisotopic (exact) mass is 419 g/mol. The molecule has 0 fully saturated rings. The van der Waals surface area contributed by atoms with Crippen LogP contribution in [0.3, 0.4) is 0 Å². The molecule has 0 spiro atoms. The van der Waals surface area contributed by atoms with E-state index < -0.39 is 30.6 Å². The van der Waals surface area contributed by atoms with E-state index >= 15 is 0 Å². The average Bonchev–Trinajstić information content (AvgIpc) is 2.99. The van der Waals surface area contributed by atoms with Gasteiger partial charge in [-0.3, -0.25) is 13.8 Å². The van der Waals surface area contributed by atoms with E-state index in [0.29, 0.717) is 0 Å². The number of alkyl halides is 3. The highest BCUT2D eigenvalue weighted by atomic mass is 31.2. The maximum absolute atomic E-state index is 13.1. The minimum absolute atomic E-state index is 0.0375. The largest absolute Gasteiger partial charge is 0.418 e. The van der Waals surface area contributed by atoms with Crippen LogP contribution in [0.2, 0.25) is 0 Å². The second-order valence-corrected chi connectivity index (χ2v) is 7.84. The lowest BCUT2D eigenvalue weighted by molar-refractivity contribution is -0.136. The van der Waals surface area contributed by atoms with Gasteiger partial charge in [0.05, 0.1) is 29.8 Å². The van der Waals surface area contributed by atoms with Gasteiger partial charge in [-0.1, -0.05) is 0 Å². The predicted octanol–water partition coefficient (Wildman–Crippen LogP) is 2.94. The SMILES string of the molecule is CCOP(=O)(Cc1nnc2c(=O)[nH]c3cc(C(F)(F)F)c(N)cc3n12)OCC. The molecule has 3 N–H and O–H groups in total. The fourth-order valence-electron chi connectivity index (χ4n) is 2.83. The minimum Gasteiger partial charge on any atom is -0.398 e. The molecule has 2 heterocycles. The van der Waals surface area contributed by atoms with E-state index in [4.69, 9.17) is 14.8 Å². The Hall–Kier alpha value is -2.43. The summed E-state index contributed by atoms with van der Waals surface area (Å²) in [6, 6.07) is 1.79. The van der Waals surface area contributed by atoms with Gasteiger partial charge in [-0.05, 0) is 26.0 Å². The number of benzene rings is 1. The van der Waals surface area contributed by atoms with Crippen molar-refractivity contribution < 1.29 is 26.8 Å². The Balaban J connectivity index is 2.26. The molecule has 0 unspecified atom stereocenters. The van der Waals surface area contributed by atoms with Crippen molar-refractivity contribution in [2.75, 3.05) is 18.9 Å². The molecule has 0 bridgehead atoms. The van der Waals surface area contributed by atoms with Crippen molar-refractivity contribution in [3.05, 3.63) is 33.9 Å². The van der Waals surface area contributed by atoms with Gasteiger partial charge in [0.2, 0.25) is 5.65 Å². The zero-order valence-corrected chi connectivity index (χ0v) is 15.8. The fraction of sp³-hybridized carbons (Fsp3) is 0.400. The zero-order valence-electron chi connectivity index (χ0n) is 14.9. The van der Waals surface area contributed by atoms with Gasteiger partial charge in [-0.2, -0.15) is 13.2 Å². The van der Waals surface area contributed by atoms with Crippen molar-refractivity contribution >= 4 is 30.0 Å². The number of aromatic nitrogens is 4. The van der Waals surface area contributed by atoms with Gasteiger partial charge in [-0.15, -0.1) is 10.2 Å². The van der Waals surface area contributed by atoms with Crippen LogP contribution in [-0.4, -0.2) is 32.8 Å². The van der Waals surface area contributed by atoms with Gasteiger partial charge in [0.25, 0.3) is 5.56 Å².